The molecule has 2 N–H and O–H groups in total. The number of rotatable bonds is 9. The molecule has 0 aromatic heterocycles. The topological polar surface area (TPSA) is 93.7 Å². The first-order valence-electron chi connectivity index (χ1n) is 9.24. The minimum absolute atomic E-state index is 0.185. The van der Waals surface area contributed by atoms with Gasteiger partial charge in [0, 0.05) is 16.6 Å². The van der Waals surface area contributed by atoms with Crippen molar-refractivity contribution in [3.05, 3.63) is 72.8 Å². The van der Waals surface area contributed by atoms with Crippen molar-refractivity contribution in [3.63, 3.8) is 0 Å². The van der Waals surface area contributed by atoms with Gasteiger partial charge in [0.1, 0.15) is 11.5 Å². The Kier molecular flexibility index (Phi) is 7.43. The Morgan fingerprint density at radius 2 is 1.65 bits per heavy atom. The van der Waals surface area contributed by atoms with E-state index in [1.165, 1.54) is 31.0 Å². The first-order chi connectivity index (χ1) is 14.9. The number of sulfonamides is 1. The van der Waals surface area contributed by atoms with Crippen LogP contribution in [0.25, 0.3) is 0 Å². The van der Waals surface area contributed by atoms with Gasteiger partial charge in [-0.1, -0.05) is 18.2 Å². The van der Waals surface area contributed by atoms with Gasteiger partial charge >= 0.3 is 0 Å². The van der Waals surface area contributed by atoms with Gasteiger partial charge in [0.05, 0.1) is 30.6 Å². The number of anilines is 2. The van der Waals surface area contributed by atoms with E-state index in [0.29, 0.717) is 22.9 Å². The molecule has 0 spiro atoms. The minimum Gasteiger partial charge on any atom is -0.497 e. The summed E-state index contributed by atoms with van der Waals surface area (Å²) >= 11 is 1.34. The van der Waals surface area contributed by atoms with E-state index in [-0.39, 0.29) is 16.6 Å². The molecule has 7 nitrogen and oxygen atoms in total. The molecule has 0 saturated heterocycles. The molecule has 0 fully saturated rings. The van der Waals surface area contributed by atoms with E-state index in [2.05, 4.69) is 10.0 Å². The van der Waals surface area contributed by atoms with Crippen molar-refractivity contribution < 1.29 is 22.7 Å². The fourth-order valence-electron chi connectivity index (χ4n) is 2.67. The molecule has 0 bridgehead atoms. The molecule has 9 heteroatoms. The highest BCUT2D eigenvalue weighted by molar-refractivity contribution is 8.00. The van der Waals surface area contributed by atoms with E-state index in [1.807, 2.05) is 0 Å². The van der Waals surface area contributed by atoms with Gasteiger partial charge in [0.2, 0.25) is 5.91 Å². The average molecular weight is 459 g/mol. The number of carbonyl (C=O) groups excluding carboxylic acids is 1. The molecule has 3 aromatic carbocycles. The highest BCUT2D eigenvalue weighted by Gasteiger charge is 2.13. The van der Waals surface area contributed by atoms with Crippen LogP contribution in [0.3, 0.4) is 0 Å². The summed E-state index contributed by atoms with van der Waals surface area (Å²) in [5, 5.41) is 2.81. The van der Waals surface area contributed by atoms with E-state index < -0.39 is 10.0 Å². The predicted molar refractivity (Wildman–Crippen MR) is 123 cm³/mol. The molecule has 0 aliphatic carbocycles. The maximum Gasteiger partial charge on any atom is 0.261 e. The lowest BCUT2D eigenvalue weighted by molar-refractivity contribution is -0.113. The van der Waals surface area contributed by atoms with E-state index in [1.54, 1.807) is 67.8 Å². The first kappa shape index (κ1) is 22.5. The smallest absolute Gasteiger partial charge is 0.261 e. The minimum atomic E-state index is -3.64. The summed E-state index contributed by atoms with van der Waals surface area (Å²) in [5.41, 5.74) is 1.00. The summed E-state index contributed by atoms with van der Waals surface area (Å²) in [7, 11) is -0.562. The zero-order valence-electron chi connectivity index (χ0n) is 17.0. The zero-order chi connectivity index (χ0) is 22.3. The van der Waals surface area contributed by atoms with E-state index in [4.69, 9.17) is 9.47 Å². The third-order valence-corrected chi connectivity index (χ3v) is 6.62. The number of ether oxygens (including phenoxy) is 2. The van der Waals surface area contributed by atoms with Crippen molar-refractivity contribution in [3.8, 4) is 11.5 Å². The fourth-order valence-corrected chi connectivity index (χ4v) is 4.45. The monoisotopic (exact) mass is 458 g/mol. The summed E-state index contributed by atoms with van der Waals surface area (Å²) in [6, 6.07) is 20.1. The Bertz CT molecular complexity index is 1130. The second kappa shape index (κ2) is 10.2. The molecule has 3 aromatic rings. The van der Waals surface area contributed by atoms with Crippen LogP contribution in [0.1, 0.15) is 0 Å². The summed E-state index contributed by atoms with van der Waals surface area (Å²) < 4.78 is 37.7. The highest BCUT2D eigenvalue weighted by Crippen LogP contribution is 2.29. The molecule has 0 aliphatic heterocycles. The maximum atomic E-state index is 12.4. The lowest BCUT2D eigenvalue weighted by Gasteiger charge is -2.12. The van der Waals surface area contributed by atoms with Crippen LogP contribution < -0.4 is 19.5 Å². The number of hydrogen-bond acceptors (Lipinski definition) is 6. The van der Waals surface area contributed by atoms with Gasteiger partial charge in [0.25, 0.3) is 10.0 Å². The fraction of sp³-hybridized carbons (Fsp3) is 0.136. The van der Waals surface area contributed by atoms with Gasteiger partial charge in [-0.25, -0.2) is 8.42 Å². The predicted octanol–water partition coefficient (Wildman–Crippen LogP) is 4.24. The largest absolute Gasteiger partial charge is 0.497 e. The van der Waals surface area contributed by atoms with Crippen LogP contribution in [-0.2, 0) is 14.8 Å². The molecule has 0 radical (unpaired) electrons. The molecule has 0 unspecified atom stereocenters. The van der Waals surface area contributed by atoms with Gasteiger partial charge in [-0.2, -0.15) is 0 Å². The van der Waals surface area contributed by atoms with Crippen molar-refractivity contribution in [2.75, 3.05) is 30.0 Å². The van der Waals surface area contributed by atoms with Crippen molar-refractivity contribution in [2.24, 2.45) is 0 Å². The summed E-state index contributed by atoms with van der Waals surface area (Å²) in [6.45, 7) is 0. The number of methoxy groups -OCH3 is 2. The van der Waals surface area contributed by atoms with Gasteiger partial charge in [-0.05, 0) is 48.5 Å². The first-order valence-corrected chi connectivity index (χ1v) is 11.7. The Balaban J connectivity index is 1.56. The van der Waals surface area contributed by atoms with Crippen LogP contribution in [0.5, 0.6) is 11.5 Å². The number of benzene rings is 3. The molecule has 0 aliphatic rings. The summed E-state index contributed by atoms with van der Waals surface area (Å²) in [6.07, 6.45) is 0. The van der Waals surface area contributed by atoms with E-state index in [0.717, 1.165) is 4.90 Å². The van der Waals surface area contributed by atoms with Crippen LogP contribution in [0.15, 0.2) is 82.6 Å². The van der Waals surface area contributed by atoms with Crippen LogP contribution in [0.2, 0.25) is 0 Å². The van der Waals surface area contributed by atoms with Gasteiger partial charge in [-0.3, -0.25) is 9.52 Å². The second-order valence-corrected chi connectivity index (χ2v) is 9.08. The lowest BCUT2D eigenvalue weighted by atomic mass is 10.2. The highest BCUT2D eigenvalue weighted by atomic mass is 32.2. The molecular formula is C22H22N2O5S2. The number of carbonyl (C=O) groups is 1. The van der Waals surface area contributed by atoms with Gasteiger partial charge < -0.3 is 14.8 Å². The van der Waals surface area contributed by atoms with Crippen molar-refractivity contribution in [2.45, 2.75) is 9.79 Å². The molecule has 3 rings (SSSR count). The SMILES string of the molecule is COc1ccc(NC(=O)CSc2ccc(NS(=O)(=O)c3ccccc3)cc2)c(OC)c1. The maximum absolute atomic E-state index is 12.4. The average Bonchev–Trinajstić information content (AvgIpc) is 2.79. The van der Waals surface area contributed by atoms with Crippen LogP contribution >= 0.6 is 11.8 Å². The Morgan fingerprint density at radius 3 is 2.29 bits per heavy atom. The zero-order valence-corrected chi connectivity index (χ0v) is 18.6. The molecular weight excluding hydrogens is 436 g/mol. The van der Waals surface area contributed by atoms with Crippen LogP contribution in [0, 0.1) is 0 Å². The molecule has 0 heterocycles. The van der Waals surface area contributed by atoms with Crippen molar-refractivity contribution in [1.29, 1.82) is 0 Å². The third-order valence-electron chi connectivity index (χ3n) is 4.21. The Labute approximate surface area is 185 Å². The quantitative estimate of drug-likeness (QED) is 0.466. The molecule has 0 saturated carbocycles. The third kappa shape index (κ3) is 6.16. The normalized spacial score (nSPS) is 10.9. The summed E-state index contributed by atoms with van der Waals surface area (Å²) in [5.74, 6) is 1.13. The number of hydrogen-bond donors (Lipinski definition) is 2. The standard InChI is InChI=1S/C22H22N2O5S2/c1-28-17-10-13-20(21(14-17)29-2)23-22(25)15-30-18-11-8-16(9-12-18)24-31(26,27)19-6-4-3-5-7-19/h3-14,24H,15H2,1-2H3,(H,23,25). The van der Waals surface area contributed by atoms with Crippen molar-refractivity contribution in [1.82, 2.24) is 0 Å². The van der Waals surface area contributed by atoms with Gasteiger partial charge in [0.15, 0.2) is 0 Å². The second-order valence-electron chi connectivity index (χ2n) is 6.35. The van der Waals surface area contributed by atoms with Crippen LogP contribution in [0.4, 0.5) is 11.4 Å². The number of thioether (sulfide) groups is 1. The molecule has 162 valence electrons. The molecule has 1 amide bonds. The summed E-state index contributed by atoms with van der Waals surface area (Å²) in [4.78, 5) is 13.3. The lowest BCUT2D eigenvalue weighted by Crippen LogP contribution is -2.14. The number of amides is 1. The van der Waals surface area contributed by atoms with Crippen molar-refractivity contribution >= 4 is 39.1 Å². The Morgan fingerprint density at radius 1 is 0.935 bits per heavy atom. The van der Waals surface area contributed by atoms with Gasteiger partial charge in [-0.15, -0.1) is 11.8 Å². The van der Waals surface area contributed by atoms with Crippen LogP contribution in [-0.4, -0.2) is 34.3 Å². The Hall–Kier alpha value is -3.17. The number of nitrogens with one attached hydrogen (secondary N) is 2. The van der Waals surface area contributed by atoms with E-state index in [9.17, 15) is 13.2 Å². The molecule has 0 atom stereocenters. The molecule has 31 heavy (non-hydrogen) atoms. The van der Waals surface area contributed by atoms with E-state index >= 15 is 0 Å².